The first kappa shape index (κ1) is 21.0. The zero-order chi connectivity index (χ0) is 22.1. The highest BCUT2D eigenvalue weighted by molar-refractivity contribution is 7.11. The molecule has 4 rings (SSSR count). The maximum atomic E-state index is 13.5. The second-order valence-corrected chi connectivity index (χ2v) is 8.18. The lowest BCUT2D eigenvalue weighted by Gasteiger charge is -2.19. The molecule has 1 aromatic heterocycles. The van der Waals surface area contributed by atoms with Crippen molar-refractivity contribution in [2.75, 3.05) is 24.4 Å². The zero-order valence-electron chi connectivity index (χ0n) is 17.1. The fourth-order valence-corrected chi connectivity index (χ4v) is 4.38. The van der Waals surface area contributed by atoms with E-state index in [4.69, 9.17) is 21.1 Å². The summed E-state index contributed by atoms with van der Waals surface area (Å²) < 4.78 is 10.7. The highest BCUT2D eigenvalue weighted by atomic mass is 35.5. The van der Waals surface area contributed by atoms with E-state index in [1.807, 2.05) is 24.4 Å². The Morgan fingerprint density at radius 1 is 1.00 bits per heavy atom. The molecule has 31 heavy (non-hydrogen) atoms. The average molecular weight is 455 g/mol. The third kappa shape index (κ3) is 3.78. The van der Waals surface area contributed by atoms with E-state index in [-0.39, 0.29) is 5.70 Å². The molecule has 1 aliphatic heterocycles. The number of methoxy groups -OCH3 is 2. The topological polar surface area (TPSA) is 67.9 Å². The Kier molecular flexibility index (Phi) is 5.71. The molecule has 158 valence electrons. The van der Waals surface area contributed by atoms with Crippen LogP contribution in [0.5, 0.6) is 11.5 Å². The van der Waals surface area contributed by atoms with Gasteiger partial charge in [0.2, 0.25) is 0 Å². The molecule has 0 saturated heterocycles. The van der Waals surface area contributed by atoms with Gasteiger partial charge in [-0.25, -0.2) is 4.90 Å². The Labute approximate surface area is 188 Å². The number of amides is 2. The summed E-state index contributed by atoms with van der Waals surface area (Å²) >= 11 is 7.46. The molecule has 1 aliphatic rings. The number of nitrogens with zero attached hydrogens (tertiary/aromatic N) is 1. The van der Waals surface area contributed by atoms with Crippen LogP contribution in [0.3, 0.4) is 0 Å². The normalized spacial score (nSPS) is 13.7. The van der Waals surface area contributed by atoms with E-state index in [9.17, 15) is 9.59 Å². The monoisotopic (exact) mass is 454 g/mol. The van der Waals surface area contributed by atoms with Crippen LogP contribution in [0.1, 0.15) is 10.4 Å². The number of hydrogen-bond acceptors (Lipinski definition) is 6. The fraction of sp³-hybridized carbons (Fsp3) is 0.130. The van der Waals surface area contributed by atoms with Crippen molar-refractivity contribution in [3.8, 4) is 11.5 Å². The molecule has 0 bridgehead atoms. The number of thiophene rings is 1. The summed E-state index contributed by atoms with van der Waals surface area (Å²) in [5.74, 6) is 0.0213. The molecule has 3 aromatic rings. The Morgan fingerprint density at radius 2 is 1.81 bits per heavy atom. The predicted octanol–water partition coefficient (Wildman–Crippen LogP) is 5.12. The first-order valence-electron chi connectivity index (χ1n) is 9.36. The standard InChI is InChI=1S/C23H19ClN2O4S/c1-13-11-14(24)6-8-16(13)25-21-20(19-5-4-10-31-19)22(27)26(23(21)28)17-9-7-15(29-2)12-18(17)30-3/h4-12,25H,1-3H3. The van der Waals surface area contributed by atoms with E-state index >= 15 is 0 Å². The average Bonchev–Trinajstić information content (AvgIpc) is 3.36. The molecule has 0 atom stereocenters. The van der Waals surface area contributed by atoms with E-state index in [2.05, 4.69) is 5.32 Å². The van der Waals surface area contributed by atoms with Crippen LogP contribution in [0.15, 0.2) is 59.6 Å². The van der Waals surface area contributed by atoms with Gasteiger partial charge in [0.25, 0.3) is 11.8 Å². The minimum absolute atomic E-state index is 0.204. The van der Waals surface area contributed by atoms with Gasteiger partial charge < -0.3 is 14.8 Å². The molecule has 2 heterocycles. The lowest BCUT2D eigenvalue weighted by molar-refractivity contribution is -0.120. The number of rotatable bonds is 6. The molecule has 1 N–H and O–H groups in total. The van der Waals surface area contributed by atoms with Crippen LogP contribution in [0, 0.1) is 6.92 Å². The number of aryl methyl sites for hydroxylation is 1. The molecule has 0 spiro atoms. The minimum atomic E-state index is -0.466. The number of anilines is 2. The number of carbonyl (C=O) groups excluding carboxylic acids is 2. The number of carbonyl (C=O) groups is 2. The van der Waals surface area contributed by atoms with E-state index < -0.39 is 11.8 Å². The first-order chi connectivity index (χ1) is 14.9. The number of imide groups is 1. The summed E-state index contributed by atoms with van der Waals surface area (Å²) in [6, 6.07) is 13.9. The summed E-state index contributed by atoms with van der Waals surface area (Å²) in [7, 11) is 3.01. The molecular weight excluding hydrogens is 436 g/mol. The Balaban J connectivity index is 1.82. The highest BCUT2D eigenvalue weighted by Gasteiger charge is 2.42. The maximum Gasteiger partial charge on any atom is 0.282 e. The van der Waals surface area contributed by atoms with Crippen molar-refractivity contribution in [2.24, 2.45) is 0 Å². The Hall–Kier alpha value is -3.29. The van der Waals surface area contributed by atoms with Crippen LogP contribution in [-0.2, 0) is 9.59 Å². The number of nitrogens with one attached hydrogen (secondary N) is 1. The van der Waals surface area contributed by atoms with E-state index in [1.54, 1.807) is 36.4 Å². The minimum Gasteiger partial charge on any atom is -0.497 e. The van der Waals surface area contributed by atoms with Crippen molar-refractivity contribution in [3.63, 3.8) is 0 Å². The smallest absolute Gasteiger partial charge is 0.282 e. The number of halogens is 1. The molecule has 2 amide bonds. The van der Waals surface area contributed by atoms with Gasteiger partial charge in [-0.2, -0.15) is 0 Å². The molecule has 0 fully saturated rings. The van der Waals surface area contributed by atoms with Gasteiger partial charge in [-0.1, -0.05) is 17.7 Å². The third-order valence-electron chi connectivity index (χ3n) is 4.93. The predicted molar refractivity (Wildman–Crippen MR) is 123 cm³/mol. The summed E-state index contributed by atoms with van der Waals surface area (Å²) in [6.45, 7) is 1.88. The molecular formula is C23H19ClN2O4S. The van der Waals surface area contributed by atoms with Crippen LogP contribution < -0.4 is 19.7 Å². The fourth-order valence-electron chi connectivity index (χ4n) is 3.39. The zero-order valence-corrected chi connectivity index (χ0v) is 18.6. The number of ether oxygens (including phenoxy) is 2. The van der Waals surface area contributed by atoms with Gasteiger partial charge in [-0.3, -0.25) is 9.59 Å². The number of benzene rings is 2. The van der Waals surface area contributed by atoms with Crippen molar-refractivity contribution >= 4 is 51.7 Å². The van der Waals surface area contributed by atoms with Crippen molar-refractivity contribution < 1.29 is 19.1 Å². The third-order valence-corrected chi connectivity index (χ3v) is 6.05. The van der Waals surface area contributed by atoms with Crippen LogP contribution in [0.25, 0.3) is 5.57 Å². The SMILES string of the molecule is COc1ccc(N2C(=O)C(Nc3ccc(Cl)cc3C)=C(c3cccs3)C2=O)c(OC)c1. The van der Waals surface area contributed by atoms with Gasteiger partial charge in [-0.15, -0.1) is 11.3 Å². The molecule has 2 aromatic carbocycles. The summed E-state index contributed by atoms with van der Waals surface area (Å²) in [5, 5.41) is 5.62. The molecule has 8 heteroatoms. The molecule has 0 aliphatic carbocycles. The molecule has 0 radical (unpaired) electrons. The lowest BCUT2D eigenvalue weighted by Crippen LogP contribution is -2.32. The first-order valence-corrected chi connectivity index (χ1v) is 10.6. The van der Waals surface area contributed by atoms with Gasteiger partial charge >= 0.3 is 0 Å². The van der Waals surface area contributed by atoms with Gasteiger partial charge in [0.1, 0.15) is 17.2 Å². The van der Waals surface area contributed by atoms with E-state index in [0.29, 0.717) is 38.3 Å². The van der Waals surface area contributed by atoms with Crippen molar-refractivity contribution in [3.05, 3.63) is 75.1 Å². The molecule has 0 unspecified atom stereocenters. The van der Waals surface area contributed by atoms with Crippen molar-refractivity contribution in [1.29, 1.82) is 0 Å². The molecule has 6 nitrogen and oxygen atoms in total. The van der Waals surface area contributed by atoms with Gasteiger partial charge in [0, 0.05) is 21.7 Å². The highest BCUT2D eigenvalue weighted by Crippen LogP contribution is 2.40. The molecule has 0 saturated carbocycles. The maximum absolute atomic E-state index is 13.5. The largest absolute Gasteiger partial charge is 0.497 e. The second-order valence-electron chi connectivity index (χ2n) is 6.80. The quantitative estimate of drug-likeness (QED) is 0.523. The summed E-state index contributed by atoms with van der Waals surface area (Å²) in [6.07, 6.45) is 0. The lowest BCUT2D eigenvalue weighted by atomic mass is 10.1. The van der Waals surface area contributed by atoms with E-state index in [1.165, 1.54) is 25.6 Å². The van der Waals surface area contributed by atoms with Crippen LogP contribution in [0.4, 0.5) is 11.4 Å². The number of hydrogen-bond donors (Lipinski definition) is 1. The summed E-state index contributed by atoms with van der Waals surface area (Å²) in [4.78, 5) is 28.8. The van der Waals surface area contributed by atoms with Crippen molar-refractivity contribution in [1.82, 2.24) is 0 Å². The summed E-state index contributed by atoms with van der Waals surface area (Å²) in [5.41, 5.74) is 2.41. The van der Waals surface area contributed by atoms with Crippen molar-refractivity contribution in [2.45, 2.75) is 6.92 Å². The Morgan fingerprint density at radius 3 is 2.45 bits per heavy atom. The second kappa shape index (κ2) is 8.45. The van der Waals surface area contributed by atoms with Gasteiger partial charge in [-0.05, 0) is 54.3 Å². The van der Waals surface area contributed by atoms with Crippen LogP contribution in [0.2, 0.25) is 5.02 Å². The Bertz CT molecular complexity index is 1200. The van der Waals surface area contributed by atoms with E-state index in [0.717, 1.165) is 10.5 Å². The van der Waals surface area contributed by atoms with Crippen LogP contribution >= 0.6 is 22.9 Å². The van der Waals surface area contributed by atoms with Crippen LogP contribution in [-0.4, -0.2) is 26.0 Å². The van der Waals surface area contributed by atoms with Gasteiger partial charge in [0.05, 0.1) is 25.5 Å². The van der Waals surface area contributed by atoms with Gasteiger partial charge in [0.15, 0.2) is 0 Å².